The molecule has 0 radical (unpaired) electrons. The number of aryl methyl sites for hydroxylation is 1. The van der Waals surface area contributed by atoms with E-state index in [2.05, 4.69) is 18.0 Å². The minimum absolute atomic E-state index is 0.0441. The molecule has 5 rings (SSSR count). The van der Waals surface area contributed by atoms with Crippen molar-refractivity contribution in [2.45, 2.75) is 32.4 Å². The zero-order chi connectivity index (χ0) is 22.8. The molecule has 1 amide bonds. The summed E-state index contributed by atoms with van der Waals surface area (Å²) in [6.45, 7) is 3.18. The lowest BCUT2D eigenvalue weighted by molar-refractivity contribution is 0.0735. The number of pyridine rings is 1. The number of benzene rings is 2. The minimum atomic E-state index is 0.0441. The molecular formula is C27H27N3O3. The number of amides is 1. The molecule has 33 heavy (non-hydrogen) atoms. The Morgan fingerprint density at radius 2 is 1.91 bits per heavy atom. The van der Waals surface area contributed by atoms with Gasteiger partial charge in [-0.25, -0.2) is 4.98 Å². The van der Waals surface area contributed by atoms with Crippen molar-refractivity contribution in [2.24, 2.45) is 0 Å². The number of hydrogen-bond donors (Lipinski definition) is 0. The summed E-state index contributed by atoms with van der Waals surface area (Å²) in [6.07, 6.45) is 5.97. The van der Waals surface area contributed by atoms with E-state index in [1.165, 1.54) is 5.56 Å². The number of hydrogen-bond acceptors (Lipinski definition) is 4. The lowest BCUT2D eigenvalue weighted by atomic mass is 10.0. The van der Waals surface area contributed by atoms with E-state index in [1.807, 2.05) is 76.3 Å². The van der Waals surface area contributed by atoms with Crippen LogP contribution in [-0.4, -0.2) is 33.8 Å². The summed E-state index contributed by atoms with van der Waals surface area (Å²) in [4.78, 5) is 19.8. The van der Waals surface area contributed by atoms with Crippen LogP contribution in [0.15, 0.2) is 73.1 Å². The van der Waals surface area contributed by atoms with Gasteiger partial charge >= 0.3 is 0 Å². The third-order valence-corrected chi connectivity index (χ3v) is 6.13. The van der Waals surface area contributed by atoms with E-state index in [0.29, 0.717) is 17.9 Å². The van der Waals surface area contributed by atoms with Gasteiger partial charge in [0.1, 0.15) is 23.8 Å². The van der Waals surface area contributed by atoms with Gasteiger partial charge in [0.2, 0.25) is 0 Å². The van der Waals surface area contributed by atoms with Crippen molar-refractivity contribution in [1.29, 1.82) is 0 Å². The van der Waals surface area contributed by atoms with Crippen LogP contribution < -0.4 is 9.47 Å². The lowest BCUT2D eigenvalue weighted by Gasteiger charge is -2.25. The molecule has 1 atom stereocenters. The van der Waals surface area contributed by atoms with Gasteiger partial charge < -0.3 is 18.8 Å². The normalized spacial score (nSPS) is 15.7. The fraction of sp³-hybridized carbons (Fsp3) is 0.259. The van der Waals surface area contributed by atoms with Crippen molar-refractivity contribution in [3.63, 3.8) is 0 Å². The predicted molar refractivity (Wildman–Crippen MR) is 127 cm³/mol. The highest BCUT2D eigenvalue weighted by Gasteiger charge is 2.30. The molecule has 0 N–H and O–H groups in total. The van der Waals surface area contributed by atoms with Crippen molar-refractivity contribution < 1.29 is 14.3 Å². The SMILES string of the molecule is COc1cccc(C2CCCN2C(=O)c2ccc(OCc3cn4cc(C)ccc4n3)cc2)c1. The summed E-state index contributed by atoms with van der Waals surface area (Å²) in [5.74, 6) is 1.57. The van der Waals surface area contributed by atoms with Gasteiger partial charge in [0, 0.05) is 24.5 Å². The molecule has 6 heteroatoms. The van der Waals surface area contributed by atoms with E-state index in [0.717, 1.165) is 42.0 Å². The second-order valence-corrected chi connectivity index (χ2v) is 8.45. The highest BCUT2D eigenvalue weighted by atomic mass is 16.5. The molecule has 0 spiro atoms. The fourth-order valence-electron chi connectivity index (χ4n) is 4.45. The average Bonchev–Trinajstić information content (AvgIpc) is 3.49. The number of methoxy groups -OCH3 is 1. The highest BCUT2D eigenvalue weighted by Crippen LogP contribution is 2.34. The number of fused-ring (bicyclic) bond motifs is 1. The smallest absolute Gasteiger partial charge is 0.254 e. The molecule has 1 aliphatic heterocycles. The largest absolute Gasteiger partial charge is 0.497 e. The van der Waals surface area contributed by atoms with Crippen LogP contribution in [0.3, 0.4) is 0 Å². The molecular weight excluding hydrogens is 414 g/mol. The number of nitrogens with zero attached hydrogens (tertiary/aromatic N) is 3. The van der Waals surface area contributed by atoms with Crippen LogP contribution in [0.2, 0.25) is 0 Å². The van der Waals surface area contributed by atoms with Crippen molar-refractivity contribution >= 4 is 11.6 Å². The van der Waals surface area contributed by atoms with E-state index in [9.17, 15) is 4.79 Å². The third kappa shape index (κ3) is 4.42. The molecule has 1 fully saturated rings. The summed E-state index contributed by atoms with van der Waals surface area (Å²) >= 11 is 0. The van der Waals surface area contributed by atoms with E-state index in [4.69, 9.17) is 9.47 Å². The first-order chi connectivity index (χ1) is 16.1. The van der Waals surface area contributed by atoms with Crippen molar-refractivity contribution in [3.8, 4) is 11.5 Å². The van der Waals surface area contributed by atoms with Crippen LogP contribution in [-0.2, 0) is 6.61 Å². The molecule has 3 heterocycles. The molecule has 4 aromatic rings. The maximum atomic E-state index is 13.2. The standard InChI is InChI=1S/C27H27N3O3/c1-19-8-13-26-28-22(17-29(26)16-19)18-33-23-11-9-20(10-12-23)27(31)30-14-4-7-25(30)21-5-3-6-24(15-21)32-2/h3,5-6,8-13,15-17,25H,4,7,14,18H2,1-2H3. The maximum Gasteiger partial charge on any atom is 0.254 e. The molecule has 1 saturated heterocycles. The molecule has 2 aromatic heterocycles. The molecule has 6 nitrogen and oxygen atoms in total. The van der Waals surface area contributed by atoms with Gasteiger partial charge in [-0.3, -0.25) is 4.79 Å². The quantitative estimate of drug-likeness (QED) is 0.412. The first-order valence-corrected chi connectivity index (χ1v) is 11.2. The molecule has 168 valence electrons. The Bertz CT molecular complexity index is 1280. The topological polar surface area (TPSA) is 56.1 Å². The predicted octanol–water partition coefficient (Wildman–Crippen LogP) is 5.21. The van der Waals surface area contributed by atoms with Crippen LogP contribution in [0.25, 0.3) is 5.65 Å². The summed E-state index contributed by atoms with van der Waals surface area (Å²) in [5.41, 5.74) is 4.72. The minimum Gasteiger partial charge on any atom is -0.497 e. The van der Waals surface area contributed by atoms with Crippen LogP contribution in [0.1, 0.15) is 46.1 Å². The zero-order valence-electron chi connectivity index (χ0n) is 18.9. The average molecular weight is 442 g/mol. The summed E-state index contributed by atoms with van der Waals surface area (Å²) in [5, 5.41) is 0. The van der Waals surface area contributed by atoms with Crippen LogP contribution in [0, 0.1) is 6.92 Å². The van der Waals surface area contributed by atoms with Crippen LogP contribution in [0.4, 0.5) is 0 Å². The van der Waals surface area contributed by atoms with Gasteiger partial charge in [-0.2, -0.15) is 0 Å². The number of ether oxygens (including phenoxy) is 2. The molecule has 1 unspecified atom stereocenters. The number of likely N-dealkylation sites (tertiary alicyclic amines) is 1. The van der Waals surface area contributed by atoms with Gasteiger partial charge in [0.25, 0.3) is 5.91 Å². The fourth-order valence-corrected chi connectivity index (χ4v) is 4.45. The Labute approximate surface area is 193 Å². The molecule has 0 bridgehead atoms. The van der Waals surface area contributed by atoms with E-state index < -0.39 is 0 Å². The second-order valence-electron chi connectivity index (χ2n) is 8.45. The van der Waals surface area contributed by atoms with Gasteiger partial charge in [-0.1, -0.05) is 18.2 Å². The molecule has 0 saturated carbocycles. The Morgan fingerprint density at radius 3 is 2.73 bits per heavy atom. The number of imidazole rings is 1. The zero-order valence-corrected chi connectivity index (χ0v) is 18.9. The Morgan fingerprint density at radius 1 is 1.06 bits per heavy atom. The Hall–Kier alpha value is -3.80. The van der Waals surface area contributed by atoms with Gasteiger partial charge in [-0.05, 0) is 73.4 Å². The number of rotatable bonds is 6. The summed E-state index contributed by atoms with van der Waals surface area (Å²) in [6, 6.07) is 19.5. The number of aromatic nitrogens is 2. The molecule has 2 aromatic carbocycles. The lowest BCUT2D eigenvalue weighted by Crippen LogP contribution is -2.30. The van der Waals surface area contributed by atoms with E-state index >= 15 is 0 Å². The Kier molecular flexibility index (Phi) is 5.73. The van der Waals surface area contributed by atoms with Gasteiger partial charge in [0.15, 0.2) is 0 Å². The van der Waals surface area contributed by atoms with Crippen molar-refractivity contribution in [3.05, 3.63) is 95.4 Å². The van der Waals surface area contributed by atoms with Crippen molar-refractivity contribution in [1.82, 2.24) is 14.3 Å². The summed E-state index contributed by atoms with van der Waals surface area (Å²) < 4.78 is 13.3. The van der Waals surface area contributed by atoms with Gasteiger partial charge in [-0.15, -0.1) is 0 Å². The van der Waals surface area contributed by atoms with Crippen LogP contribution in [0.5, 0.6) is 11.5 Å². The Balaban J connectivity index is 1.25. The highest BCUT2D eigenvalue weighted by molar-refractivity contribution is 5.94. The first kappa shape index (κ1) is 21.1. The molecule has 0 aliphatic carbocycles. The van der Waals surface area contributed by atoms with Gasteiger partial charge in [0.05, 0.1) is 18.8 Å². The molecule has 1 aliphatic rings. The third-order valence-electron chi connectivity index (χ3n) is 6.13. The van der Waals surface area contributed by atoms with Crippen LogP contribution >= 0.6 is 0 Å². The van der Waals surface area contributed by atoms with E-state index in [1.54, 1.807) is 7.11 Å². The first-order valence-electron chi connectivity index (χ1n) is 11.2. The van der Waals surface area contributed by atoms with E-state index in [-0.39, 0.29) is 11.9 Å². The summed E-state index contributed by atoms with van der Waals surface area (Å²) in [7, 11) is 1.66. The second kappa shape index (κ2) is 8.98. The maximum absolute atomic E-state index is 13.2. The monoisotopic (exact) mass is 441 g/mol. The number of carbonyl (C=O) groups is 1. The van der Waals surface area contributed by atoms with Crippen molar-refractivity contribution in [2.75, 3.05) is 13.7 Å². The number of carbonyl (C=O) groups excluding carboxylic acids is 1.